The smallest absolute Gasteiger partial charge is 0.311 e. The molecule has 0 unspecified atom stereocenters. The summed E-state index contributed by atoms with van der Waals surface area (Å²) in [5, 5.41) is 44.3. The number of esters is 2. The van der Waals surface area contributed by atoms with Crippen molar-refractivity contribution in [2.45, 2.75) is 134 Å². The van der Waals surface area contributed by atoms with Crippen molar-refractivity contribution in [2.75, 3.05) is 27.1 Å². The maximum Gasteiger partial charge on any atom is 0.311 e. The molecule has 2 aromatic carbocycles. The molecule has 5 N–H and O–H groups in total. The standard InChI is InChI=1S/C20H24O5.C13H14O3.C9H16O4.C7H12O3.C2H5ClO/c1-2-17(21)13-15-5-3-14(4-6-15)7-12-19(22)25-18-10-8-16(9-11-18)20(23)24;1-2-12(14)9-11-5-3-10(4-6-11)7-8-13(15)16;1-12-6-13-9(11)7-2-4-8(10)5-3-7;8-6-3-1-5(2-4-6)7(9)10;1-4-2-3/h2-6,16,18H,1,7-13H2,(H,23,24);2-6H,1,7-9H2,(H,15,16);7-8,10H,2-6H2,1H3;5-6,8H,1-4H2,(H,9,10);2H2,1H3. The van der Waals surface area contributed by atoms with Crippen LogP contribution < -0.4 is 0 Å². The molecule has 2 aromatic rings. The molecule has 5 rings (SSSR count). The Morgan fingerprint density at radius 3 is 1.29 bits per heavy atom. The molecule has 3 aliphatic rings. The van der Waals surface area contributed by atoms with E-state index in [0.29, 0.717) is 102 Å². The number of carboxylic acid groups (broad SMARTS) is 3. The van der Waals surface area contributed by atoms with Gasteiger partial charge in [-0.1, -0.05) is 73.3 Å². The summed E-state index contributed by atoms with van der Waals surface area (Å²) in [4.78, 5) is 77.3. The van der Waals surface area contributed by atoms with Crippen molar-refractivity contribution in [3.63, 3.8) is 0 Å². The molecule has 0 aliphatic heterocycles. The van der Waals surface area contributed by atoms with Crippen LogP contribution in [0.2, 0.25) is 0 Å². The van der Waals surface area contributed by atoms with Gasteiger partial charge in [-0.2, -0.15) is 0 Å². The number of benzene rings is 2. The fourth-order valence-corrected chi connectivity index (χ4v) is 7.23. The Bertz CT molecular complexity index is 1820. The Balaban J connectivity index is 0.000000465. The van der Waals surface area contributed by atoms with Gasteiger partial charge in [-0.25, -0.2) is 0 Å². The molecule has 378 valence electrons. The second-order valence-electron chi connectivity index (χ2n) is 16.6. The Kier molecular flexibility index (Phi) is 32.0. The van der Waals surface area contributed by atoms with Crippen LogP contribution in [0.4, 0.5) is 0 Å². The number of halogens is 1. The average Bonchev–Trinajstić information content (AvgIpc) is 3.34. The van der Waals surface area contributed by atoms with Gasteiger partial charge in [-0.05, 0) is 124 Å². The van der Waals surface area contributed by atoms with Crippen molar-refractivity contribution >= 4 is 53.0 Å². The summed E-state index contributed by atoms with van der Waals surface area (Å²) in [6, 6.07) is 15.3. The summed E-state index contributed by atoms with van der Waals surface area (Å²) in [6.07, 6.45) is 12.0. The molecule has 17 heteroatoms. The molecular formula is C51H71ClO16. The number of aliphatic hydroxyl groups is 2. The van der Waals surface area contributed by atoms with Gasteiger partial charge < -0.3 is 44.5 Å². The lowest BCUT2D eigenvalue weighted by Crippen LogP contribution is -2.27. The fraction of sp³-hybridized carbons (Fsp3) is 0.549. The largest absolute Gasteiger partial charge is 0.481 e. The quantitative estimate of drug-likeness (QED) is 0.0402. The number of carboxylic acids is 3. The van der Waals surface area contributed by atoms with Gasteiger partial charge in [0.15, 0.2) is 18.4 Å². The highest BCUT2D eigenvalue weighted by Gasteiger charge is 2.28. The van der Waals surface area contributed by atoms with Crippen LogP contribution in [-0.2, 0) is 78.2 Å². The van der Waals surface area contributed by atoms with Crippen LogP contribution in [-0.4, -0.2) is 112 Å². The number of aryl methyl sites for hydroxylation is 2. The maximum absolute atomic E-state index is 12.0. The molecule has 0 spiro atoms. The number of carbonyl (C=O) groups is 7. The number of carbonyl (C=O) groups excluding carboxylic acids is 4. The number of alkyl halides is 1. The van der Waals surface area contributed by atoms with Crippen LogP contribution in [0, 0.1) is 17.8 Å². The number of hydrogen-bond acceptors (Lipinski definition) is 13. The highest BCUT2D eigenvalue weighted by Crippen LogP contribution is 2.27. The maximum atomic E-state index is 12.0. The number of rotatable bonds is 19. The van der Waals surface area contributed by atoms with Crippen molar-refractivity contribution in [2.24, 2.45) is 17.8 Å². The van der Waals surface area contributed by atoms with Crippen molar-refractivity contribution in [3.8, 4) is 0 Å². The third-order valence-electron chi connectivity index (χ3n) is 11.3. The van der Waals surface area contributed by atoms with E-state index in [9.17, 15) is 38.7 Å². The van der Waals surface area contributed by atoms with Crippen LogP contribution in [0.15, 0.2) is 73.8 Å². The molecule has 0 atom stereocenters. The average molecular weight is 976 g/mol. The van der Waals surface area contributed by atoms with Crippen LogP contribution >= 0.6 is 11.6 Å². The fourth-order valence-electron chi connectivity index (χ4n) is 7.23. The number of hydrogen-bond donors (Lipinski definition) is 5. The van der Waals surface area contributed by atoms with Crippen LogP contribution in [0.3, 0.4) is 0 Å². The first-order valence-electron chi connectivity index (χ1n) is 22.8. The first-order chi connectivity index (χ1) is 32.4. The zero-order valence-electron chi connectivity index (χ0n) is 39.4. The molecule has 3 fully saturated rings. The zero-order valence-corrected chi connectivity index (χ0v) is 40.2. The third-order valence-corrected chi connectivity index (χ3v) is 11.5. The molecular weight excluding hydrogens is 904 g/mol. The third kappa shape index (κ3) is 28.2. The number of allylic oxidation sites excluding steroid dienone is 2. The number of aliphatic carboxylic acids is 3. The highest BCUT2D eigenvalue weighted by molar-refractivity contribution is 6.17. The van der Waals surface area contributed by atoms with Crippen molar-refractivity contribution in [1.82, 2.24) is 0 Å². The van der Waals surface area contributed by atoms with Crippen LogP contribution in [0.5, 0.6) is 0 Å². The van der Waals surface area contributed by atoms with Gasteiger partial charge in [0.25, 0.3) is 0 Å². The first kappa shape index (κ1) is 60.8. The van der Waals surface area contributed by atoms with E-state index in [1.165, 1.54) is 19.3 Å². The number of aliphatic hydroxyl groups excluding tert-OH is 2. The number of ketones is 2. The molecule has 0 heterocycles. The Morgan fingerprint density at radius 2 is 0.941 bits per heavy atom. The lowest BCUT2D eigenvalue weighted by Gasteiger charge is -2.25. The first-order valence-corrected chi connectivity index (χ1v) is 23.4. The van der Waals surface area contributed by atoms with E-state index in [1.54, 1.807) is 7.11 Å². The van der Waals surface area contributed by atoms with Gasteiger partial charge in [0.2, 0.25) is 0 Å². The SMILES string of the molecule is C=CC(=O)Cc1ccc(CCC(=O)O)cc1.C=CC(=O)Cc1ccc(CCC(=O)OC2CCC(C(=O)O)CC2)cc1.COCCl.COCOC(=O)C1CCC(O)CC1.O=C(O)C1CCC(O)CC1. The highest BCUT2D eigenvalue weighted by atomic mass is 35.5. The molecule has 68 heavy (non-hydrogen) atoms. The van der Waals surface area contributed by atoms with Gasteiger partial charge in [-0.15, -0.1) is 0 Å². The minimum Gasteiger partial charge on any atom is -0.481 e. The number of methoxy groups -OCH3 is 2. The molecule has 0 bridgehead atoms. The predicted octanol–water partition coefficient (Wildman–Crippen LogP) is 7.24. The minimum atomic E-state index is -0.800. The molecule has 0 amide bonds. The van der Waals surface area contributed by atoms with E-state index in [2.05, 4.69) is 22.6 Å². The van der Waals surface area contributed by atoms with E-state index >= 15 is 0 Å². The second kappa shape index (κ2) is 35.8. The molecule has 3 aliphatic carbocycles. The van der Waals surface area contributed by atoms with E-state index in [-0.39, 0.29) is 72.8 Å². The lowest BCUT2D eigenvalue weighted by molar-refractivity contribution is -0.161. The van der Waals surface area contributed by atoms with E-state index in [1.807, 2.05) is 48.5 Å². The van der Waals surface area contributed by atoms with Gasteiger partial charge in [-0.3, -0.25) is 33.6 Å². The molecule has 0 radical (unpaired) electrons. The number of ether oxygens (including phenoxy) is 4. The summed E-state index contributed by atoms with van der Waals surface area (Å²) >= 11 is 4.96. The van der Waals surface area contributed by atoms with Gasteiger partial charge >= 0.3 is 29.8 Å². The minimum absolute atomic E-state index is 0.0155. The molecule has 3 saturated carbocycles. The summed E-state index contributed by atoms with van der Waals surface area (Å²) in [7, 11) is 3.03. The molecule has 16 nitrogen and oxygen atoms in total. The second-order valence-corrected chi connectivity index (χ2v) is 16.9. The normalized spacial score (nSPS) is 20.4. The topological polar surface area (TPSA) is 258 Å². The van der Waals surface area contributed by atoms with Gasteiger partial charge in [0.1, 0.15) is 12.2 Å². The summed E-state index contributed by atoms with van der Waals surface area (Å²) in [5.74, 6) is -3.31. The predicted molar refractivity (Wildman–Crippen MR) is 254 cm³/mol. The Labute approximate surface area is 404 Å². The van der Waals surface area contributed by atoms with Crippen molar-refractivity contribution < 1.29 is 78.0 Å². The van der Waals surface area contributed by atoms with Gasteiger partial charge in [0.05, 0.1) is 30.0 Å². The summed E-state index contributed by atoms with van der Waals surface area (Å²) in [6.45, 7) is 6.89. The lowest BCUT2D eigenvalue weighted by atomic mass is 9.87. The van der Waals surface area contributed by atoms with Gasteiger partial charge in [0, 0.05) is 39.9 Å². The summed E-state index contributed by atoms with van der Waals surface area (Å²) in [5.41, 5.74) is 3.83. The molecule has 0 aromatic heterocycles. The summed E-state index contributed by atoms with van der Waals surface area (Å²) < 4.78 is 19.2. The van der Waals surface area contributed by atoms with Crippen LogP contribution in [0.25, 0.3) is 0 Å². The van der Waals surface area contributed by atoms with E-state index < -0.39 is 17.9 Å². The molecule has 0 saturated heterocycles. The Hall–Kier alpha value is -5.26. The van der Waals surface area contributed by atoms with Crippen molar-refractivity contribution in [1.29, 1.82) is 0 Å². The van der Waals surface area contributed by atoms with E-state index in [4.69, 9.17) is 41.5 Å². The monoisotopic (exact) mass is 974 g/mol. The van der Waals surface area contributed by atoms with Crippen molar-refractivity contribution in [3.05, 3.63) is 96.1 Å². The van der Waals surface area contributed by atoms with E-state index in [0.717, 1.165) is 35.1 Å². The van der Waals surface area contributed by atoms with Crippen LogP contribution in [0.1, 0.15) is 112 Å². The zero-order chi connectivity index (χ0) is 50.9. The Morgan fingerprint density at radius 1 is 0.574 bits per heavy atom.